The molecule has 10 heteroatoms. The summed E-state index contributed by atoms with van der Waals surface area (Å²) >= 11 is 1.08. The molecule has 0 fully saturated rings. The number of alkyl halides is 2. The van der Waals surface area contributed by atoms with E-state index in [2.05, 4.69) is 21.6 Å². The van der Waals surface area contributed by atoms with Crippen molar-refractivity contribution in [1.82, 2.24) is 5.32 Å². The molecular formula is C23H21F2N3O4S. The van der Waals surface area contributed by atoms with Gasteiger partial charge in [0.2, 0.25) is 5.91 Å². The largest absolute Gasteiger partial charge is 0.497 e. The van der Waals surface area contributed by atoms with Crippen molar-refractivity contribution in [2.45, 2.75) is 6.61 Å². The lowest BCUT2D eigenvalue weighted by Crippen LogP contribution is -2.32. The van der Waals surface area contributed by atoms with Crippen LogP contribution >= 0.6 is 11.8 Å². The fraction of sp³-hybridized carbons (Fsp3) is 0.174. The SMILES string of the molecule is C=CCNC(=O)CSC1=NC(=Cc2ccc(OC)cc2)C(=O)N1c1ccc(OC(F)F)cc1. The molecule has 172 valence electrons. The van der Waals surface area contributed by atoms with Gasteiger partial charge in [-0.1, -0.05) is 30.0 Å². The molecule has 3 rings (SSSR count). The molecule has 0 saturated heterocycles. The van der Waals surface area contributed by atoms with Gasteiger partial charge in [0.15, 0.2) is 5.17 Å². The summed E-state index contributed by atoms with van der Waals surface area (Å²) in [6, 6.07) is 12.7. The van der Waals surface area contributed by atoms with Crippen LogP contribution in [0.4, 0.5) is 14.5 Å². The van der Waals surface area contributed by atoms with Crippen molar-refractivity contribution < 1.29 is 27.8 Å². The van der Waals surface area contributed by atoms with Gasteiger partial charge in [-0.3, -0.25) is 14.5 Å². The number of anilines is 1. The van der Waals surface area contributed by atoms with E-state index in [-0.39, 0.29) is 28.3 Å². The summed E-state index contributed by atoms with van der Waals surface area (Å²) in [7, 11) is 1.56. The fourth-order valence-electron chi connectivity index (χ4n) is 2.82. The molecule has 0 unspecified atom stereocenters. The number of rotatable bonds is 9. The van der Waals surface area contributed by atoms with Gasteiger partial charge in [0.1, 0.15) is 17.2 Å². The van der Waals surface area contributed by atoms with Crippen molar-refractivity contribution >= 4 is 40.5 Å². The lowest BCUT2D eigenvalue weighted by molar-refractivity contribution is -0.118. The number of amides is 2. The van der Waals surface area contributed by atoms with E-state index in [1.165, 1.54) is 29.2 Å². The molecule has 1 aliphatic rings. The van der Waals surface area contributed by atoms with E-state index in [1.54, 1.807) is 43.5 Å². The molecular weight excluding hydrogens is 452 g/mol. The van der Waals surface area contributed by atoms with Crippen molar-refractivity contribution in [3.8, 4) is 11.5 Å². The molecule has 0 atom stereocenters. The highest BCUT2D eigenvalue weighted by molar-refractivity contribution is 8.14. The Bertz CT molecular complexity index is 1070. The molecule has 0 aliphatic carbocycles. The third kappa shape index (κ3) is 6.42. The van der Waals surface area contributed by atoms with E-state index >= 15 is 0 Å². The molecule has 0 radical (unpaired) electrons. The van der Waals surface area contributed by atoms with Gasteiger partial charge in [-0.25, -0.2) is 4.99 Å². The maximum absolute atomic E-state index is 13.2. The van der Waals surface area contributed by atoms with E-state index in [9.17, 15) is 18.4 Å². The van der Waals surface area contributed by atoms with Gasteiger partial charge < -0.3 is 14.8 Å². The Labute approximate surface area is 193 Å². The number of aliphatic imine (C=N–C) groups is 1. The number of halogens is 2. The number of amidine groups is 1. The van der Waals surface area contributed by atoms with Crippen LogP contribution in [0.15, 0.2) is 71.9 Å². The Hall–Kier alpha value is -3.66. The monoisotopic (exact) mass is 473 g/mol. The third-order valence-electron chi connectivity index (χ3n) is 4.34. The molecule has 0 aromatic heterocycles. The summed E-state index contributed by atoms with van der Waals surface area (Å²) in [6.45, 7) is 0.915. The summed E-state index contributed by atoms with van der Waals surface area (Å²) in [5.41, 5.74) is 1.30. The van der Waals surface area contributed by atoms with Gasteiger partial charge in [0, 0.05) is 6.54 Å². The molecule has 33 heavy (non-hydrogen) atoms. The molecule has 2 amide bonds. The number of thioether (sulfide) groups is 1. The number of benzene rings is 2. The highest BCUT2D eigenvalue weighted by Gasteiger charge is 2.32. The average molecular weight is 474 g/mol. The number of carbonyl (C=O) groups is 2. The van der Waals surface area contributed by atoms with Crippen LogP contribution in [0.1, 0.15) is 5.56 Å². The standard InChI is InChI=1S/C23H21F2N3O4S/c1-3-12-26-20(29)14-33-23-27-19(13-15-4-8-17(31-2)9-5-15)21(30)28(23)16-6-10-18(11-7-16)32-22(24)25/h3-11,13,22H,1,12,14H2,2H3,(H,26,29). The fourth-order valence-corrected chi connectivity index (χ4v) is 3.67. The molecule has 7 nitrogen and oxygen atoms in total. The summed E-state index contributed by atoms with van der Waals surface area (Å²) < 4.78 is 34.4. The molecule has 0 spiro atoms. The molecule has 0 saturated carbocycles. The van der Waals surface area contributed by atoms with Crippen LogP contribution < -0.4 is 19.7 Å². The molecule has 1 heterocycles. The van der Waals surface area contributed by atoms with Crippen LogP contribution in [-0.2, 0) is 9.59 Å². The highest BCUT2D eigenvalue weighted by atomic mass is 32.2. The lowest BCUT2D eigenvalue weighted by atomic mass is 10.2. The minimum atomic E-state index is -2.95. The predicted molar refractivity (Wildman–Crippen MR) is 125 cm³/mol. The topological polar surface area (TPSA) is 80.2 Å². The summed E-state index contributed by atoms with van der Waals surface area (Å²) in [6.07, 6.45) is 3.18. The van der Waals surface area contributed by atoms with Gasteiger partial charge in [0.25, 0.3) is 5.91 Å². The first-order valence-corrected chi connectivity index (χ1v) is 10.7. The van der Waals surface area contributed by atoms with Crippen molar-refractivity contribution in [3.63, 3.8) is 0 Å². The first-order chi connectivity index (χ1) is 15.9. The normalized spacial score (nSPS) is 14.4. The number of hydrogen-bond acceptors (Lipinski definition) is 6. The Morgan fingerprint density at radius 1 is 1.18 bits per heavy atom. The average Bonchev–Trinajstić information content (AvgIpc) is 3.11. The number of nitrogens with zero attached hydrogens (tertiary/aromatic N) is 2. The van der Waals surface area contributed by atoms with Crippen molar-refractivity contribution in [2.75, 3.05) is 24.3 Å². The quantitative estimate of drug-likeness (QED) is 0.439. The summed E-state index contributed by atoms with van der Waals surface area (Å²) in [5, 5.41) is 2.95. The van der Waals surface area contributed by atoms with E-state index in [0.717, 1.165) is 17.3 Å². The second kappa shape index (κ2) is 11.3. The van der Waals surface area contributed by atoms with Crippen LogP contribution in [0.3, 0.4) is 0 Å². The van der Waals surface area contributed by atoms with Gasteiger partial charge in [-0.15, -0.1) is 6.58 Å². The van der Waals surface area contributed by atoms with Crippen LogP contribution in [0, 0.1) is 0 Å². The zero-order valence-electron chi connectivity index (χ0n) is 17.7. The Balaban J connectivity index is 1.87. The van der Waals surface area contributed by atoms with Gasteiger partial charge >= 0.3 is 6.61 Å². The second-order valence-electron chi connectivity index (χ2n) is 6.59. The van der Waals surface area contributed by atoms with E-state index in [1.807, 2.05) is 0 Å². The van der Waals surface area contributed by atoms with E-state index < -0.39 is 12.5 Å². The van der Waals surface area contributed by atoms with Crippen molar-refractivity contribution in [1.29, 1.82) is 0 Å². The van der Waals surface area contributed by atoms with Crippen molar-refractivity contribution in [2.24, 2.45) is 4.99 Å². The Kier molecular flexibility index (Phi) is 8.20. The number of ether oxygens (including phenoxy) is 2. The Morgan fingerprint density at radius 2 is 1.85 bits per heavy atom. The number of nitrogens with one attached hydrogen (secondary N) is 1. The first-order valence-electron chi connectivity index (χ1n) is 9.75. The molecule has 1 N–H and O–H groups in total. The van der Waals surface area contributed by atoms with Gasteiger partial charge in [-0.2, -0.15) is 8.78 Å². The van der Waals surface area contributed by atoms with E-state index in [4.69, 9.17) is 4.74 Å². The number of methoxy groups -OCH3 is 1. The summed E-state index contributed by atoms with van der Waals surface area (Å²) in [4.78, 5) is 30.9. The van der Waals surface area contributed by atoms with Crippen LogP contribution in [0.25, 0.3) is 6.08 Å². The van der Waals surface area contributed by atoms with E-state index in [0.29, 0.717) is 18.0 Å². The maximum atomic E-state index is 13.2. The van der Waals surface area contributed by atoms with Crippen molar-refractivity contribution in [3.05, 3.63) is 72.4 Å². The maximum Gasteiger partial charge on any atom is 0.387 e. The van der Waals surface area contributed by atoms with Crippen LogP contribution in [0.5, 0.6) is 11.5 Å². The van der Waals surface area contributed by atoms with Gasteiger partial charge in [-0.05, 0) is 48.0 Å². The minimum absolute atomic E-state index is 0.0266. The minimum Gasteiger partial charge on any atom is -0.497 e. The van der Waals surface area contributed by atoms with Gasteiger partial charge in [0.05, 0.1) is 18.6 Å². The number of hydrogen-bond donors (Lipinski definition) is 1. The molecule has 1 aliphatic heterocycles. The first kappa shape index (κ1) is 24.0. The smallest absolute Gasteiger partial charge is 0.387 e. The van der Waals surface area contributed by atoms with Crippen LogP contribution in [0.2, 0.25) is 0 Å². The number of carbonyl (C=O) groups excluding carboxylic acids is 2. The Morgan fingerprint density at radius 3 is 2.45 bits per heavy atom. The molecule has 2 aromatic rings. The summed E-state index contributed by atoms with van der Waals surface area (Å²) in [5.74, 6) is 0.00151. The zero-order chi connectivity index (χ0) is 23.8. The molecule has 2 aromatic carbocycles. The predicted octanol–water partition coefficient (Wildman–Crippen LogP) is 4.08. The highest BCUT2D eigenvalue weighted by Crippen LogP contribution is 2.31. The lowest BCUT2D eigenvalue weighted by Gasteiger charge is -2.18. The third-order valence-corrected chi connectivity index (χ3v) is 5.28. The molecule has 0 bridgehead atoms. The zero-order valence-corrected chi connectivity index (χ0v) is 18.5. The van der Waals surface area contributed by atoms with Crippen LogP contribution in [-0.4, -0.2) is 43.0 Å². The second-order valence-corrected chi connectivity index (χ2v) is 7.53.